The second-order valence-electron chi connectivity index (χ2n) is 4.71. The van der Waals surface area contributed by atoms with Gasteiger partial charge in [0.05, 0.1) is 17.4 Å². The summed E-state index contributed by atoms with van der Waals surface area (Å²) in [6.45, 7) is 4.21. The van der Waals surface area contributed by atoms with Crippen LogP contribution in [0.15, 0.2) is 35.1 Å². The van der Waals surface area contributed by atoms with Crippen molar-refractivity contribution in [2.75, 3.05) is 0 Å². The number of aromatic nitrogens is 3. The molecule has 0 aliphatic heterocycles. The topological polar surface area (TPSA) is 68.8 Å². The maximum absolute atomic E-state index is 5.62. The summed E-state index contributed by atoms with van der Waals surface area (Å²) >= 11 is 3.37. The lowest BCUT2D eigenvalue weighted by atomic mass is 10.1. The maximum atomic E-state index is 5.62. The third kappa shape index (κ3) is 3.62. The molecule has 1 atom stereocenters. The second kappa shape index (κ2) is 6.27. The average molecular weight is 324 g/mol. The van der Waals surface area contributed by atoms with Gasteiger partial charge in [0.1, 0.15) is 0 Å². The van der Waals surface area contributed by atoms with Gasteiger partial charge in [-0.2, -0.15) is 5.10 Å². The van der Waals surface area contributed by atoms with Gasteiger partial charge in [-0.25, -0.2) is 0 Å². The molecule has 0 amide bonds. The van der Waals surface area contributed by atoms with E-state index in [4.69, 9.17) is 5.84 Å². The molecule has 2 rings (SSSR count). The molecule has 0 fully saturated rings. The molecule has 3 N–H and O–H groups in total. The van der Waals surface area contributed by atoms with Gasteiger partial charge < -0.3 is 0 Å². The predicted molar refractivity (Wildman–Crippen MR) is 78.3 cm³/mol. The number of hydrazine groups is 1. The van der Waals surface area contributed by atoms with E-state index in [1.807, 2.05) is 29.1 Å². The van der Waals surface area contributed by atoms with Gasteiger partial charge >= 0.3 is 0 Å². The maximum Gasteiger partial charge on any atom is 0.0688 e. The summed E-state index contributed by atoms with van der Waals surface area (Å²) in [5.74, 6) is 5.62. The summed E-state index contributed by atoms with van der Waals surface area (Å²) in [6, 6.07) is 6.25. The normalized spacial score (nSPS) is 12.9. The van der Waals surface area contributed by atoms with Crippen LogP contribution in [-0.4, -0.2) is 14.8 Å². The lowest BCUT2D eigenvalue weighted by Gasteiger charge is -2.14. The molecule has 1 unspecified atom stereocenters. The Hall–Kier alpha value is -1.24. The average Bonchev–Trinajstić information content (AvgIpc) is 2.86. The highest BCUT2D eigenvalue weighted by Gasteiger charge is 2.14. The van der Waals surface area contributed by atoms with Crippen molar-refractivity contribution in [2.45, 2.75) is 32.4 Å². The summed E-state index contributed by atoms with van der Waals surface area (Å²) in [4.78, 5) is 4.36. The smallest absolute Gasteiger partial charge is 0.0688 e. The highest BCUT2D eigenvalue weighted by molar-refractivity contribution is 9.10. The van der Waals surface area contributed by atoms with E-state index in [0.717, 1.165) is 15.9 Å². The molecule has 0 saturated carbocycles. The zero-order valence-corrected chi connectivity index (χ0v) is 12.6. The lowest BCUT2D eigenvalue weighted by molar-refractivity contribution is 0.502. The zero-order chi connectivity index (χ0) is 13.8. The van der Waals surface area contributed by atoms with Gasteiger partial charge in [-0.15, -0.1) is 0 Å². The van der Waals surface area contributed by atoms with E-state index in [-0.39, 0.29) is 6.04 Å². The van der Waals surface area contributed by atoms with E-state index in [9.17, 15) is 0 Å². The van der Waals surface area contributed by atoms with E-state index >= 15 is 0 Å². The van der Waals surface area contributed by atoms with Gasteiger partial charge in [-0.05, 0) is 48.0 Å². The fraction of sp³-hybridized carbons (Fsp3) is 0.385. The van der Waals surface area contributed by atoms with Crippen molar-refractivity contribution >= 4 is 15.9 Å². The number of rotatable bonds is 5. The van der Waals surface area contributed by atoms with Crippen LogP contribution in [0.1, 0.15) is 37.3 Å². The molecule has 19 heavy (non-hydrogen) atoms. The van der Waals surface area contributed by atoms with Crippen LogP contribution in [0.3, 0.4) is 0 Å². The molecule has 0 bridgehead atoms. The van der Waals surface area contributed by atoms with Crippen molar-refractivity contribution in [3.8, 4) is 0 Å². The summed E-state index contributed by atoms with van der Waals surface area (Å²) in [5, 5.41) is 4.52. The predicted octanol–water partition coefficient (Wildman–Crippen LogP) is 2.37. The van der Waals surface area contributed by atoms with Crippen molar-refractivity contribution in [1.29, 1.82) is 0 Å². The first-order valence-electron chi connectivity index (χ1n) is 6.21. The Bertz CT molecular complexity index is 520. The molecule has 0 aliphatic rings. The summed E-state index contributed by atoms with van der Waals surface area (Å²) in [5.41, 5.74) is 4.71. The first kappa shape index (κ1) is 14.2. The van der Waals surface area contributed by atoms with Crippen LogP contribution in [0, 0.1) is 0 Å². The molecule has 2 heterocycles. The SMILES string of the molecule is CC(C)n1ccc(CC(NN)c2ccc(Br)cn2)n1. The Morgan fingerprint density at radius 3 is 2.68 bits per heavy atom. The monoisotopic (exact) mass is 323 g/mol. The largest absolute Gasteiger partial charge is 0.271 e. The molecule has 0 aliphatic carbocycles. The number of pyridine rings is 1. The van der Waals surface area contributed by atoms with Crippen molar-refractivity contribution in [1.82, 2.24) is 20.2 Å². The minimum atomic E-state index is -0.0383. The Morgan fingerprint density at radius 1 is 1.37 bits per heavy atom. The summed E-state index contributed by atoms with van der Waals surface area (Å²) < 4.78 is 2.90. The molecule has 5 nitrogen and oxygen atoms in total. The van der Waals surface area contributed by atoms with E-state index in [2.05, 4.69) is 45.3 Å². The number of hydrogen-bond donors (Lipinski definition) is 2. The van der Waals surface area contributed by atoms with Gasteiger partial charge in [0.2, 0.25) is 0 Å². The number of halogens is 1. The van der Waals surface area contributed by atoms with Gasteiger partial charge in [-0.3, -0.25) is 20.9 Å². The summed E-state index contributed by atoms with van der Waals surface area (Å²) in [7, 11) is 0. The fourth-order valence-corrected chi connectivity index (χ4v) is 2.06. The highest BCUT2D eigenvalue weighted by Crippen LogP contribution is 2.17. The molecule has 0 saturated heterocycles. The minimum absolute atomic E-state index is 0.0383. The van der Waals surface area contributed by atoms with Crippen molar-refractivity contribution in [2.24, 2.45) is 5.84 Å². The Kier molecular flexibility index (Phi) is 4.68. The van der Waals surface area contributed by atoms with E-state index in [1.54, 1.807) is 6.20 Å². The van der Waals surface area contributed by atoms with Crippen LogP contribution in [0.2, 0.25) is 0 Å². The third-order valence-electron chi connectivity index (χ3n) is 2.91. The zero-order valence-electron chi connectivity index (χ0n) is 11.0. The molecule has 2 aromatic heterocycles. The summed E-state index contributed by atoms with van der Waals surface area (Å²) in [6.07, 6.45) is 4.47. The van der Waals surface area contributed by atoms with Crippen LogP contribution in [0.5, 0.6) is 0 Å². The van der Waals surface area contributed by atoms with Crippen LogP contribution in [0.25, 0.3) is 0 Å². The van der Waals surface area contributed by atoms with Crippen LogP contribution in [0.4, 0.5) is 0 Å². The van der Waals surface area contributed by atoms with Gasteiger partial charge in [0, 0.05) is 29.3 Å². The van der Waals surface area contributed by atoms with E-state index < -0.39 is 0 Å². The molecule has 102 valence electrons. The number of nitrogens with zero attached hydrogens (tertiary/aromatic N) is 3. The molecular formula is C13H18BrN5. The molecule has 0 aromatic carbocycles. The van der Waals surface area contributed by atoms with Crippen LogP contribution in [-0.2, 0) is 6.42 Å². The highest BCUT2D eigenvalue weighted by atomic mass is 79.9. The minimum Gasteiger partial charge on any atom is -0.271 e. The Balaban J connectivity index is 2.12. The van der Waals surface area contributed by atoms with Crippen LogP contribution >= 0.6 is 15.9 Å². The van der Waals surface area contributed by atoms with Crippen molar-refractivity contribution in [3.63, 3.8) is 0 Å². The molecule has 0 spiro atoms. The lowest BCUT2D eigenvalue weighted by Crippen LogP contribution is -2.30. The van der Waals surface area contributed by atoms with E-state index in [1.165, 1.54) is 0 Å². The van der Waals surface area contributed by atoms with Gasteiger partial charge in [0.25, 0.3) is 0 Å². The number of nitrogens with two attached hydrogens (primary N) is 1. The number of nitrogens with one attached hydrogen (secondary N) is 1. The third-order valence-corrected chi connectivity index (χ3v) is 3.38. The molecular weight excluding hydrogens is 306 g/mol. The van der Waals surface area contributed by atoms with E-state index in [0.29, 0.717) is 12.5 Å². The fourth-order valence-electron chi connectivity index (χ4n) is 1.83. The van der Waals surface area contributed by atoms with Gasteiger partial charge in [0.15, 0.2) is 0 Å². The van der Waals surface area contributed by atoms with Crippen LogP contribution < -0.4 is 11.3 Å². The molecule has 0 radical (unpaired) electrons. The van der Waals surface area contributed by atoms with Crippen molar-refractivity contribution < 1.29 is 0 Å². The Morgan fingerprint density at radius 2 is 2.16 bits per heavy atom. The number of hydrogen-bond acceptors (Lipinski definition) is 4. The van der Waals surface area contributed by atoms with Crippen molar-refractivity contribution in [3.05, 3.63) is 46.5 Å². The second-order valence-corrected chi connectivity index (χ2v) is 5.62. The molecule has 2 aromatic rings. The van der Waals surface area contributed by atoms with Gasteiger partial charge in [-0.1, -0.05) is 0 Å². The molecule has 6 heteroatoms. The standard InChI is InChI=1S/C13H18BrN5/c1-9(2)19-6-5-11(18-19)7-13(17-15)12-4-3-10(14)8-16-12/h3-6,8-9,13,17H,7,15H2,1-2H3. The first-order valence-corrected chi connectivity index (χ1v) is 7.01. The Labute approximate surface area is 121 Å². The quantitative estimate of drug-likeness (QED) is 0.654. The first-order chi connectivity index (χ1) is 9.10.